The van der Waals surface area contributed by atoms with E-state index in [-0.39, 0.29) is 10.6 Å². The average molecular weight is 658 g/mol. The van der Waals surface area contributed by atoms with Crippen LogP contribution in [0.2, 0.25) is 0 Å². The average Bonchev–Trinajstić information content (AvgIpc) is 3.04. The van der Waals surface area contributed by atoms with Gasteiger partial charge in [-0.25, -0.2) is 12.8 Å². The number of rotatable bonds is 8. The van der Waals surface area contributed by atoms with Crippen LogP contribution in [0.3, 0.4) is 0 Å². The zero-order chi connectivity index (χ0) is 31.7. The Morgan fingerprint density at radius 2 is 1.56 bits per heavy atom. The van der Waals surface area contributed by atoms with E-state index in [1.807, 2.05) is 0 Å². The smallest absolute Gasteiger partial charge is 0.213 e. The van der Waals surface area contributed by atoms with Gasteiger partial charge in [0.25, 0.3) is 0 Å². The van der Waals surface area contributed by atoms with Crippen molar-refractivity contribution < 1.29 is 22.1 Å². The summed E-state index contributed by atoms with van der Waals surface area (Å²) in [5.41, 5.74) is 1.12. The Labute approximate surface area is 269 Å². The predicted molar refractivity (Wildman–Crippen MR) is 176 cm³/mol. The summed E-state index contributed by atoms with van der Waals surface area (Å²) >= 11 is -1.27. The number of aromatic nitrogens is 1. The molecule has 0 amide bonds. The lowest BCUT2D eigenvalue weighted by Gasteiger charge is -2.46. The highest BCUT2D eigenvalue weighted by atomic mass is 32.2. The number of benzene rings is 2. The number of nitrogens with zero attached hydrogens (tertiary/aromatic N) is 5. The third kappa shape index (κ3) is 6.82. The zero-order valence-electron chi connectivity index (χ0n) is 26.5. The minimum atomic E-state index is -4.29. The van der Waals surface area contributed by atoms with Crippen LogP contribution in [-0.4, -0.2) is 117 Å². The second kappa shape index (κ2) is 13.7. The standard InChI is InChI=1S/C33H44FN5O4S2/c1-4-43-26-5-8-31(29(34)21-26)45(41,42)32-23-35-30-7-6-27(44(3)40)22-28(30)33(32)39-15-11-24(12-16-39)37-13-9-25(10-14-37)38-19-17-36(2)18-20-38/h5-8,21-25H,4,9-20H2,1-3H3. The summed E-state index contributed by atoms with van der Waals surface area (Å²) in [5.74, 6) is -0.593. The molecule has 0 N–H and O–H groups in total. The number of anilines is 1. The number of sulfone groups is 1. The van der Waals surface area contributed by atoms with Gasteiger partial charge >= 0.3 is 0 Å². The molecule has 12 heteroatoms. The molecule has 4 heterocycles. The molecule has 3 saturated heterocycles. The number of likely N-dealkylation sites (N-methyl/N-ethyl adjacent to an activating group) is 1. The van der Waals surface area contributed by atoms with Crippen molar-refractivity contribution in [3.8, 4) is 5.75 Å². The van der Waals surface area contributed by atoms with Crippen molar-refractivity contribution in [1.82, 2.24) is 19.7 Å². The lowest BCUT2D eigenvalue weighted by molar-refractivity contribution is 0.0495. The SMILES string of the molecule is CCOc1ccc(S(=O)(=O)c2cnc3ccc([S+](C)[O-])cc3c2N2CCC(N3CCC(N4CCN(C)CC4)CC3)CC2)c(F)c1. The number of piperazine rings is 1. The molecule has 1 atom stereocenters. The van der Waals surface area contributed by atoms with Gasteiger partial charge in [0.2, 0.25) is 9.84 Å². The first-order valence-electron chi connectivity index (χ1n) is 16.0. The third-order valence-corrected chi connectivity index (χ3v) is 12.5. The van der Waals surface area contributed by atoms with Crippen LogP contribution in [0.1, 0.15) is 32.6 Å². The summed E-state index contributed by atoms with van der Waals surface area (Å²) < 4.78 is 61.4. The molecule has 6 rings (SSSR count). The Morgan fingerprint density at radius 1 is 0.911 bits per heavy atom. The van der Waals surface area contributed by atoms with Crippen molar-refractivity contribution in [2.75, 3.05) is 77.2 Å². The molecule has 3 aromatic rings. The molecule has 1 aromatic heterocycles. The fourth-order valence-electron chi connectivity index (χ4n) is 7.17. The molecule has 45 heavy (non-hydrogen) atoms. The van der Waals surface area contributed by atoms with Gasteiger partial charge in [-0.2, -0.15) is 0 Å². The van der Waals surface area contributed by atoms with Crippen LogP contribution in [0.5, 0.6) is 5.75 Å². The van der Waals surface area contributed by atoms with E-state index in [1.165, 1.54) is 31.2 Å². The highest BCUT2D eigenvalue weighted by Crippen LogP contribution is 2.39. The fourth-order valence-corrected chi connectivity index (χ4v) is 9.20. The monoisotopic (exact) mass is 657 g/mol. The largest absolute Gasteiger partial charge is 0.612 e. The Balaban J connectivity index is 1.25. The van der Waals surface area contributed by atoms with Crippen molar-refractivity contribution in [3.05, 3.63) is 48.4 Å². The Kier molecular flexibility index (Phi) is 9.89. The summed E-state index contributed by atoms with van der Waals surface area (Å²) in [5, 5.41) is 0.613. The van der Waals surface area contributed by atoms with Gasteiger partial charge in [0, 0.05) is 75.1 Å². The Hall–Kier alpha value is -2.48. The maximum absolute atomic E-state index is 15.3. The van der Waals surface area contributed by atoms with Crippen LogP contribution in [-0.2, 0) is 21.0 Å². The Morgan fingerprint density at radius 3 is 2.18 bits per heavy atom. The first kappa shape index (κ1) is 32.5. The quantitative estimate of drug-likeness (QED) is 0.333. The van der Waals surface area contributed by atoms with E-state index >= 15 is 4.39 Å². The van der Waals surface area contributed by atoms with E-state index < -0.39 is 31.7 Å². The maximum Gasteiger partial charge on any atom is 0.213 e. The summed E-state index contributed by atoms with van der Waals surface area (Å²) in [6, 6.07) is 10.3. The van der Waals surface area contributed by atoms with E-state index in [2.05, 4.69) is 31.6 Å². The lowest BCUT2D eigenvalue weighted by atomic mass is 9.96. The molecule has 2 aromatic carbocycles. The van der Waals surface area contributed by atoms with Gasteiger partial charge in [-0.3, -0.25) is 9.88 Å². The number of fused-ring (bicyclic) bond motifs is 1. The van der Waals surface area contributed by atoms with Crippen LogP contribution < -0.4 is 9.64 Å². The van der Waals surface area contributed by atoms with Gasteiger partial charge in [0.1, 0.15) is 27.6 Å². The summed E-state index contributed by atoms with van der Waals surface area (Å²) in [6.45, 7) is 10.2. The summed E-state index contributed by atoms with van der Waals surface area (Å²) in [4.78, 5) is 14.4. The lowest BCUT2D eigenvalue weighted by Crippen LogP contribution is -2.54. The second-order valence-electron chi connectivity index (χ2n) is 12.5. The number of pyridine rings is 1. The van der Waals surface area contributed by atoms with Crippen LogP contribution in [0.25, 0.3) is 10.9 Å². The molecule has 0 bridgehead atoms. The number of hydrogen-bond donors (Lipinski definition) is 0. The van der Waals surface area contributed by atoms with Gasteiger partial charge in [0.15, 0.2) is 4.90 Å². The molecule has 0 radical (unpaired) electrons. The van der Waals surface area contributed by atoms with E-state index in [9.17, 15) is 13.0 Å². The number of likely N-dealkylation sites (tertiary alicyclic amines) is 1. The first-order valence-corrected chi connectivity index (χ1v) is 19.0. The van der Waals surface area contributed by atoms with Crippen LogP contribution in [0.15, 0.2) is 57.3 Å². The van der Waals surface area contributed by atoms with Gasteiger partial charge < -0.3 is 24.0 Å². The normalized spacial score (nSPS) is 21.0. The molecule has 0 spiro atoms. The Bertz CT molecular complexity index is 1600. The first-order chi connectivity index (χ1) is 21.7. The van der Waals surface area contributed by atoms with E-state index in [0.717, 1.165) is 58.2 Å². The highest BCUT2D eigenvalue weighted by Gasteiger charge is 2.34. The van der Waals surface area contributed by atoms with E-state index in [4.69, 9.17) is 4.74 Å². The molecule has 1 unspecified atom stereocenters. The molecule has 3 aliphatic heterocycles. The number of piperidine rings is 2. The van der Waals surface area contributed by atoms with Gasteiger partial charge in [-0.05, 0) is 88.2 Å². The van der Waals surface area contributed by atoms with Crippen molar-refractivity contribution in [2.45, 2.75) is 59.4 Å². The maximum atomic E-state index is 15.3. The van der Waals surface area contributed by atoms with E-state index in [0.29, 0.717) is 53.3 Å². The highest BCUT2D eigenvalue weighted by molar-refractivity contribution is 7.91. The minimum absolute atomic E-state index is 0.0384. The second-order valence-corrected chi connectivity index (χ2v) is 15.7. The molecular weight excluding hydrogens is 614 g/mol. The molecule has 3 fully saturated rings. The molecule has 0 aliphatic carbocycles. The summed E-state index contributed by atoms with van der Waals surface area (Å²) in [6.07, 6.45) is 7.12. The van der Waals surface area contributed by atoms with Crippen molar-refractivity contribution in [1.29, 1.82) is 0 Å². The third-order valence-electron chi connectivity index (χ3n) is 9.75. The zero-order valence-corrected chi connectivity index (χ0v) is 28.1. The van der Waals surface area contributed by atoms with Gasteiger partial charge in [-0.15, -0.1) is 0 Å². The van der Waals surface area contributed by atoms with Crippen molar-refractivity contribution in [3.63, 3.8) is 0 Å². The number of ether oxygens (including phenoxy) is 1. The molecule has 3 aliphatic rings. The molecule has 244 valence electrons. The predicted octanol–water partition coefficient (Wildman–Crippen LogP) is 4.02. The van der Waals surface area contributed by atoms with Crippen LogP contribution in [0.4, 0.5) is 10.1 Å². The topological polar surface area (TPSA) is 92.3 Å². The van der Waals surface area contributed by atoms with E-state index in [1.54, 1.807) is 31.4 Å². The summed E-state index contributed by atoms with van der Waals surface area (Å²) in [7, 11) is -2.09. The molecular formula is C33H44FN5O4S2. The fraction of sp³-hybridized carbons (Fsp3) is 0.545. The van der Waals surface area contributed by atoms with Gasteiger partial charge in [-0.1, -0.05) is 0 Å². The van der Waals surface area contributed by atoms with Crippen LogP contribution >= 0.6 is 0 Å². The molecule has 9 nitrogen and oxygen atoms in total. The number of hydrogen-bond acceptors (Lipinski definition) is 9. The minimum Gasteiger partial charge on any atom is -0.612 e. The molecule has 0 saturated carbocycles. The van der Waals surface area contributed by atoms with Gasteiger partial charge in [0.05, 0.1) is 17.8 Å². The number of halogens is 1. The van der Waals surface area contributed by atoms with Crippen molar-refractivity contribution >= 4 is 37.6 Å². The van der Waals surface area contributed by atoms with Crippen molar-refractivity contribution in [2.24, 2.45) is 0 Å². The van der Waals surface area contributed by atoms with Crippen LogP contribution in [0, 0.1) is 5.82 Å².